The first kappa shape index (κ1) is 29.5. The fourth-order valence-electron chi connectivity index (χ4n) is 6.42. The summed E-state index contributed by atoms with van der Waals surface area (Å²) in [5.41, 5.74) is -0.504. The number of carbonyl (C=O) groups excluding carboxylic acids is 4. The van der Waals surface area contributed by atoms with Crippen molar-refractivity contribution in [2.75, 3.05) is 19.7 Å². The number of fused-ring (bicyclic) bond motifs is 2. The molecule has 41 heavy (non-hydrogen) atoms. The first-order chi connectivity index (χ1) is 19.7. The lowest BCUT2D eigenvalue weighted by Crippen LogP contribution is -2.58. The largest absolute Gasteiger partial charge is 0.460 e. The number of hydrogen-bond acceptors (Lipinski definition) is 7. The summed E-state index contributed by atoms with van der Waals surface area (Å²) >= 11 is 3.54. The zero-order chi connectivity index (χ0) is 29.3. The van der Waals surface area contributed by atoms with Crippen LogP contribution >= 0.6 is 15.9 Å². The van der Waals surface area contributed by atoms with Crippen molar-refractivity contribution in [3.8, 4) is 0 Å². The van der Waals surface area contributed by atoms with Gasteiger partial charge < -0.3 is 29.7 Å². The third-order valence-electron chi connectivity index (χ3n) is 8.41. The highest BCUT2D eigenvalue weighted by atomic mass is 79.9. The molecule has 3 amide bonds. The molecule has 7 atom stereocenters. The number of nitrogens with zero attached hydrogens (tertiary/aromatic N) is 2. The summed E-state index contributed by atoms with van der Waals surface area (Å²) in [6.07, 6.45) is 5.18. The van der Waals surface area contributed by atoms with Crippen molar-refractivity contribution >= 4 is 39.6 Å². The van der Waals surface area contributed by atoms with Crippen molar-refractivity contribution in [3.63, 3.8) is 0 Å². The molecule has 4 aliphatic heterocycles. The van der Waals surface area contributed by atoms with Gasteiger partial charge in [0.2, 0.25) is 17.7 Å². The highest BCUT2D eigenvalue weighted by Gasteiger charge is 2.75. The molecular weight excluding hydrogens is 594 g/mol. The van der Waals surface area contributed by atoms with Crippen LogP contribution in [0.15, 0.2) is 53.0 Å². The zero-order valence-corrected chi connectivity index (χ0v) is 24.8. The molecule has 10 nitrogen and oxygen atoms in total. The van der Waals surface area contributed by atoms with E-state index < -0.39 is 53.6 Å². The number of likely N-dealkylation sites (tertiary alicyclic amines) is 1. The molecule has 4 aliphatic rings. The molecule has 5 rings (SSSR count). The predicted octanol–water partition coefficient (Wildman–Crippen LogP) is 2.06. The standard InChI is InChI=1S/C30H36BrN3O7/c1-3-20(17-35)34-26-28(38)33(16-19-10-6-4-7-11-19)13-9-5-8-12-22(36)32-15-18(2)40-29(39)23-24(27(34)37)30(26)14-21(31)25(23)41-30/h4-7,9-11,14,18,20,23-26,35H,3,8,12-13,15-17H2,1-2H3,(H,32,36)/b9-5-/t18-,20+,23+,24-,25+,26+,30-/m1/s1. The predicted molar refractivity (Wildman–Crippen MR) is 152 cm³/mol. The molecule has 0 saturated carbocycles. The lowest BCUT2D eigenvalue weighted by molar-refractivity contribution is -0.159. The molecule has 1 aromatic carbocycles. The fourth-order valence-corrected chi connectivity index (χ4v) is 7.16. The molecule has 4 heterocycles. The number of benzene rings is 1. The number of aliphatic hydroxyl groups is 1. The van der Waals surface area contributed by atoms with Crippen LogP contribution in [0.4, 0.5) is 0 Å². The molecule has 2 saturated heterocycles. The Bertz CT molecular complexity index is 1250. The van der Waals surface area contributed by atoms with E-state index >= 15 is 0 Å². The molecule has 2 fully saturated rings. The number of esters is 1. The van der Waals surface area contributed by atoms with Crippen LogP contribution < -0.4 is 5.32 Å². The van der Waals surface area contributed by atoms with Gasteiger partial charge in [-0.15, -0.1) is 0 Å². The molecule has 1 aromatic rings. The molecule has 0 aliphatic carbocycles. The van der Waals surface area contributed by atoms with Gasteiger partial charge in [-0.05, 0) is 31.4 Å². The molecule has 0 unspecified atom stereocenters. The van der Waals surface area contributed by atoms with E-state index in [-0.39, 0.29) is 44.5 Å². The van der Waals surface area contributed by atoms with Gasteiger partial charge in [-0.3, -0.25) is 19.2 Å². The third kappa shape index (κ3) is 5.35. The monoisotopic (exact) mass is 629 g/mol. The maximum Gasteiger partial charge on any atom is 0.313 e. The van der Waals surface area contributed by atoms with Gasteiger partial charge in [0.15, 0.2) is 0 Å². The van der Waals surface area contributed by atoms with Gasteiger partial charge in [-0.2, -0.15) is 0 Å². The molecule has 0 radical (unpaired) electrons. The van der Waals surface area contributed by atoms with Crippen molar-refractivity contribution in [1.82, 2.24) is 15.1 Å². The second kappa shape index (κ2) is 12.1. The van der Waals surface area contributed by atoms with Crippen LogP contribution in [0.3, 0.4) is 0 Å². The second-order valence-corrected chi connectivity index (χ2v) is 12.0. The van der Waals surface area contributed by atoms with Gasteiger partial charge in [0, 0.05) is 24.0 Å². The minimum atomic E-state index is -1.41. The zero-order valence-electron chi connectivity index (χ0n) is 23.2. The number of allylic oxidation sites excluding steroid dienone is 1. The average molecular weight is 631 g/mol. The lowest BCUT2D eigenvalue weighted by atomic mass is 9.74. The Hall–Kier alpha value is -3.02. The van der Waals surface area contributed by atoms with Gasteiger partial charge >= 0.3 is 5.97 Å². The number of aliphatic hydroxyl groups excluding tert-OH is 1. The molecule has 0 aromatic heterocycles. The highest BCUT2D eigenvalue weighted by Crippen LogP contribution is 2.59. The van der Waals surface area contributed by atoms with Crippen LogP contribution in [0, 0.1) is 11.8 Å². The minimum Gasteiger partial charge on any atom is -0.460 e. The quantitative estimate of drug-likeness (QED) is 0.377. The second-order valence-electron chi connectivity index (χ2n) is 11.1. The van der Waals surface area contributed by atoms with Crippen LogP contribution in [0.25, 0.3) is 0 Å². The topological polar surface area (TPSA) is 125 Å². The number of halogens is 1. The van der Waals surface area contributed by atoms with Crippen LogP contribution in [-0.4, -0.2) is 88.2 Å². The van der Waals surface area contributed by atoms with E-state index in [1.54, 1.807) is 17.9 Å². The summed E-state index contributed by atoms with van der Waals surface area (Å²) in [7, 11) is 0. The molecule has 5 bridgehead atoms. The first-order valence-electron chi connectivity index (χ1n) is 14.2. The van der Waals surface area contributed by atoms with Crippen molar-refractivity contribution in [2.45, 2.75) is 69.5 Å². The number of amides is 3. The summed E-state index contributed by atoms with van der Waals surface area (Å²) in [5.74, 6) is -3.55. The Balaban J connectivity index is 1.61. The number of ether oxygens (including phenoxy) is 2. The van der Waals surface area contributed by atoms with E-state index in [9.17, 15) is 24.3 Å². The normalized spacial score (nSPS) is 33.8. The van der Waals surface area contributed by atoms with Crippen LogP contribution in [-0.2, 0) is 35.2 Å². The Labute approximate surface area is 247 Å². The fraction of sp³-hybridized carbons (Fsp3) is 0.533. The highest BCUT2D eigenvalue weighted by molar-refractivity contribution is 9.11. The molecule has 2 N–H and O–H groups in total. The Morgan fingerprint density at radius 1 is 1.15 bits per heavy atom. The number of nitrogens with one attached hydrogen (secondary N) is 1. The SMILES string of the molecule is CC[C@@H](CO)N1C(=O)[C@H]2[C@@H]3C(=O)O[C@H](C)CNC(=O)CC/C=C\CN(Cc4ccccc4)C(=O)[C@H]1[C@@]21C=C(Br)[C@@H]3O1. The van der Waals surface area contributed by atoms with E-state index in [1.807, 2.05) is 49.4 Å². The van der Waals surface area contributed by atoms with E-state index in [4.69, 9.17) is 9.47 Å². The maximum atomic E-state index is 14.6. The van der Waals surface area contributed by atoms with Gasteiger partial charge in [0.25, 0.3) is 0 Å². The summed E-state index contributed by atoms with van der Waals surface area (Å²) in [4.78, 5) is 57.9. The summed E-state index contributed by atoms with van der Waals surface area (Å²) in [6.45, 7) is 3.83. The third-order valence-corrected chi connectivity index (χ3v) is 9.09. The Morgan fingerprint density at radius 2 is 1.90 bits per heavy atom. The smallest absolute Gasteiger partial charge is 0.313 e. The summed E-state index contributed by atoms with van der Waals surface area (Å²) in [6, 6.07) is 7.79. The maximum absolute atomic E-state index is 14.6. The first-order valence-corrected chi connectivity index (χ1v) is 14.9. The molecule has 11 heteroatoms. The van der Waals surface area contributed by atoms with E-state index in [2.05, 4.69) is 21.2 Å². The van der Waals surface area contributed by atoms with E-state index in [1.165, 1.54) is 4.90 Å². The van der Waals surface area contributed by atoms with Crippen molar-refractivity contribution in [3.05, 3.63) is 58.6 Å². The van der Waals surface area contributed by atoms with E-state index in [0.29, 0.717) is 17.3 Å². The summed E-state index contributed by atoms with van der Waals surface area (Å²) < 4.78 is 12.8. The average Bonchev–Trinajstić information content (AvgIpc) is 3.55. The van der Waals surface area contributed by atoms with Crippen molar-refractivity contribution in [2.24, 2.45) is 11.8 Å². The summed E-state index contributed by atoms with van der Waals surface area (Å²) in [5, 5.41) is 13.1. The minimum absolute atomic E-state index is 0.133. The van der Waals surface area contributed by atoms with Crippen LogP contribution in [0.5, 0.6) is 0 Å². The van der Waals surface area contributed by atoms with Gasteiger partial charge in [-0.25, -0.2) is 0 Å². The number of hydrogen-bond donors (Lipinski definition) is 2. The number of carbonyl (C=O) groups is 4. The Kier molecular flexibility index (Phi) is 8.68. The molecule has 220 valence electrons. The van der Waals surface area contributed by atoms with Crippen molar-refractivity contribution in [1.29, 1.82) is 0 Å². The molecular formula is C30H36BrN3O7. The van der Waals surface area contributed by atoms with Crippen molar-refractivity contribution < 1.29 is 33.8 Å². The van der Waals surface area contributed by atoms with Crippen LogP contribution in [0.1, 0.15) is 38.7 Å². The Morgan fingerprint density at radius 3 is 2.61 bits per heavy atom. The van der Waals surface area contributed by atoms with Gasteiger partial charge in [0.05, 0.1) is 25.1 Å². The van der Waals surface area contributed by atoms with Crippen LogP contribution in [0.2, 0.25) is 0 Å². The van der Waals surface area contributed by atoms with E-state index in [0.717, 1.165) is 5.56 Å². The number of rotatable bonds is 5. The molecule has 1 spiro atoms. The van der Waals surface area contributed by atoms with Gasteiger partial charge in [0.1, 0.15) is 29.8 Å². The lowest BCUT2D eigenvalue weighted by Gasteiger charge is -2.38. The number of cyclic esters (lactones) is 1. The van der Waals surface area contributed by atoms with Gasteiger partial charge in [-0.1, -0.05) is 65.3 Å².